The Labute approximate surface area is 147 Å². The van der Waals surface area contributed by atoms with Gasteiger partial charge in [-0.05, 0) is 19.1 Å². The number of carboxylic acid groups (broad SMARTS) is 1. The first-order valence-corrected chi connectivity index (χ1v) is 7.81. The summed E-state index contributed by atoms with van der Waals surface area (Å²) in [5.41, 5.74) is 0.998. The standard InChI is InChI=1S/C17H18FN3O5/c1-9(16(25)21-12(7-15(23)24)14(22)8-18)19-17(26)13-6-10-4-2-3-5-11(10)20-13/h2-6,9,12,20H,7-8H2,1H3,(H,19,26)(H,21,25)(H,23,24)/t9-,12?/m0/s1. The van der Waals surface area contributed by atoms with E-state index in [-0.39, 0.29) is 5.69 Å². The number of carbonyl (C=O) groups excluding carboxylic acids is 3. The molecular weight excluding hydrogens is 345 g/mol. The van der Waals surface area contributed by atoms with Crippen molar-refractivity contribution in [2.24, 2.45) is 0 Å². The number of hydrogen-bond acceptors (Lipinski definition) is 4. The molecule has 2 amide bonds. The summed E-state index contributed by atoms with van der Waals surface area (Å²) in [6, 6.07) is 6.31. The number of carboxylic acids is 1. The molecule has 0 aliphatic carbocycles. The average molecular weight is 363 g/mol. The van der Waals surface area contributed by atoms with E-state index in [0.717, 1.165) is 10.9 Å². The zero-order valence-electron chi connectivity index (χ0n) is 13.9. The SMILES string of the molecule is C[C@H](NC(=O)c1cc2ccccc2[nH]1)C(=O)NC(CC(=O)O)C(=O)CF. The van der Waals surface area contributed by atoms with E-state index in [1.807, 2.05) is 12.1 Å². The summed E-state index contributed by atoms with van der Waals surface area (Å²) in [6.07, 6.45) is -0.739. The highest BCUT2D eigenvalue weighted by Gasteiger charge is 2.26. The number of aromatic nitrogens is 1. The summed E-state index contributed by atoms with van der Waals surface area (Å²) in [5.74, 6) is -3.74. The van der Waals surface area contributed by atoms with E-state index < -0.39 is 48.7 Å². The molecule has 0 aliphatic rings. The van der Waals surface area contributed by atoms with Gasteiger partial charge in [0.05, 0.1) is 6.42 Å². The minimum absolute atomic E-state index is 0.243. The van der Waals surface area contributed by atoms with Gasteiger partial charge >= 0.3 is 5.97 Å². The van der Waals surface area contributed by atoms with Crippen LogP contribution < -0.4 is 10.6 Å². The number of carbonyl (C=O) groups is 4. The zero-order chi connectivity index (χ0) is 19.3. The Morgan fingerprint density at radius 1 is 1.19 bits per heavy atom. The lowest BCUT2D eigenvalue weighted by molar-refractivity contribution is -0.140. The molecule has 2 rings (SSSR count). The molecule has 0 fully saturated rings. The Hall–Kier alpha value is -3.23. The van der Waals surface area contributed by atoms with Gasteiger partial charge in [0.2, 0.25) is 5.91 Å². The smallest absolute Gasteiger partial charge is 0.305 e. The molecule has 0 radical (unpaired) electrons. The number of benzene rings is 1. The molecule has 0 bridgehead atoms. The van der Waals surface area contributed by atoms with E-state index in [9.17, 15) is 23.6 Å². The van der Waals surface area contributed by atoms with Crippen LogP contribution in [0, 0.1) is 0 Å². The minimum Gasteiger partial charge on any atom is -0.481 e. The van der Waals surface area contributed by atoms with Crippen LogP contribution in [0.25, 0.3) is 10.9 Å². The fourth-order valence-corrected chi connectivity index (χ4v) is 2.35. The van der Waals surface area contributed by atoms with Crippen LogP contribution in [0.15, 0.2) is 30.3 Å². The van der Waals surface area contributed by atoms with Crippen molar-refractivity contribution in [1.29, 1.82) is 0 Å². The molecule has 2 atom stereocenters. The maximum absolute atomic E-state index is 12.5. The number of hydrogen-bond donors (Lipinski definition) is 4. The summed E-state index contributed by atoms with van der Waals surface area (Å²) in [5, 5.41) is 14.2. The van der Waals surface area contributed by atoms with E-state index in [1.54, 1.807) is 18.2 Å². The number of fused-ring (bicyclic) bond motifs is 1. The number of aromatic amines is 1. The van der Waals surface area contributed by atoms with Gasteiger partial charge in [0.15, 0.2) is 5.78 Å². The number of aliphatic carboxylic acids is 1. The number of halogens is 1. The van der Waals surface area contributed by atoms with Gasteiger partial charge in [0.25, 0.3) is 5.91 Å². The Kier molecular flexibility index (Phi) is 6.05. The second-order valence-corrected chi connectivity index (χ2v) is 5.72. The number of nitrogens with one attached hydrogen (secondary N) is 3. The van der Waals surface area contributed by atoms with Gasteiger partial charge in [-0.3, -0.25) is 19.2 Å². The maximum atomic E-state index is 12.5. The number of amides is 2. The van der Waals surface area contributed by atoms with Crippen molar-refractivity contribution < 1.29 is 28.7 Å². The maximum Gasteiger partial charge on any atom is 0.305 e. The van der Waals surface area contributed by atoms with Crippen LogP contribution in [0.4, 0.5) is 4.39 Å². The predicted molar refractivity (Wildman–Crippen MR) is 90.4 cm³/mol. The number of ketones is 1. The highest BCUT2D eigenvalue weighted by molar-refractivity contribution is 6.01. The lowest BCUT2D eigenvalue weighted by Gasteiger charge is -2.18. The quantitative estimate of drug-likeness (QED) is 0.551. The normalized spacial score (nSPS) is 13.0. The first kappa shape index (κ1) is 19.1. The molecule has 1 aromatic carbocycles. The van der Waals surface area contributed by atoms with E-state index in [0.29, 0.717) is 0 Å². The zero-order valence-corrected chi connectivity index (χ0v) is 13.9. The Balaban J connectivity index is 2.01. The molecule has 0 saturated carbocycles. The third-order valence-corrected chi connectivity index (χ3v) is 3.73. The molecule has 4 N–H and O–H groups in total. The van der Waals surface area contributed by atoms with Gasteiger partial charge in [0.1, 0.15) is 24.5 Å². The summed E-state index contributed by atoms with van der Waals surface area (Å²) in [6.45, 7) is -0.0261. The van der Waals surface area contributed by atoms with Crippen LogP contribution in [0.1, 0.15) is 23.8 Å². The lowest BCUT2D eigenvalue weighted by Crippen LogP contribution is -2.51. The van der Waals surface area contributed by atoms with Gasteiger partial charge in [-0.25, -0.2) is 4.39 Å². The van der Waals surface area contributed by atoms with Crippen LogP contribution in [0.5, 0.6) is 0 Å². The van der Waals surface area contributed by atoms with Gasteiger partial charge in [-0.1, -0.05) is 18.2 Å². The second kappa shape index (κ2) is 8.24. The number of rotatable bonds is 8. The van der Waals surface area contributed by atoms with Gasteiger partial charge < -0.3 is 20.7 Å². The van der Waals surface area contributed by atoms with Crippen LogP contribution in [-0.4, -0.2) is 52.4 Å². The molecule has 1 heterocycles. The van der Waals surface area contributed by atoms with E-state index in [1.165, 1.54) is 6.92 Å². The highest BCUT2D eigenvalue weighted by Crippen LogP contribution is 2.14. The van der Waals surface area contributed by atoms with Crippen molar-refractivity contribution in [2.45, 2.75) is 25.4 Å². The van der Waals surface area contributed by atoms with Crippen molar-refractivity contribution in [2.75, 3.05) is 6.67 Å². The first-order chi connectivity index (χ1) is 12.3. The predicted octanol–water partition coefficient (Wildman–Crippen LogP) is 0.784. The minimum atomic E-state index is -1.49. The third kappa shape index (κ3) is 4.65. The molecule has 138 valence electrons. The van der Waals surface area contributed by atoms with Gasteiger partial charge in [-0.2, -0.15) is 0 Å². The molecule has 1 aromatic heterocycles. The van der Waals surface area contributed by atoms with E-state index >= 15 is 0 Å². The van der Waals surface area contributed by atoms with Crippen LogP contribution in [0.2, 0.25) is 0 Å². The van der Waals surface area contributed by atoms with Crippen molar-refractivity contribution in [3.63, 3.8) is 0 Å². The van der Waals surface area contributed by atoms with E-state index in [4.69, 9.17) is 5.11 Å². The molecular formula is C17H18FN3O5. The Morgan fingerprint density at radius 3 is 2.50 bits per heavy atom. The molecule has 1 unspecified atom stereocenters. The summed E-state index contributed by atoms with van der Waals surface area (Å²) >= 11 is 0. The van der Waals surface area contributed by atoms with Crippen molar-refractivity contribution in [1.82, 2.24) is 15.6 Å². The number of Topliss-reactive ketones (excluding diaryl/α,β-unsaturated/α-hetero) is 1. The fraction of sp³-hybridized carbons (Fsp3) is 0.294. The van der Waals surface area contributed by atoms with Crippen LogP contribution in [-0.2, 0) is 14.4 Å². The number of H-pyrrole nitrogens is 1. The van der Waals surface area contributed by atoms with Crippen molar-refractivity contribution in [3.05, 3.63) is 36.0 Å². The topological polar surface area (TPSA) is 128 Å². The molecule has 0 saturated heterocycles. The van der Waals surface area contributed by atoms with E-state index in [2.05, 4.69) is 15.6 Å². The highest BCUT2D eigenvalue weighted by atomic mass is 19.1. The lowest BCUT2D eigenvalue weighted by atomic mass is 10.1. The molecule has 0 spiro atoms. The molecule has 9 heteroatoms. The molecule has 8 nitrogen and oxygen atoms in total. The first-order valence-electron chi connectivity index (χ1n) is 7.81. The molecule has 0 aliphatic heterocycles. The summed E-state index contributed by atoms with van der Waals surface area (Å²) in [4.78, 5) is 49.4. The molecule has 26 heavy (non-hydrogen) atoms. The van der Waals surface area contributed by atoms with Gasteiger partial charge in [-0.15, -0.1) is 0 Å². The Morgan fingerprint density at radius 2 is 1.88 bits per heavy atom. The molecule has 2 aromatic rings. The monoisotopic (exact) mass is 363 g/mol. The summed E-state index contributed by atoms with van der Waals surface area (Å²) in [7, 11) is 0. The second-order valence-electron chi connectivity index (χ2n) is 5.72. The largest absolute Gasteiger partial charge is 0.481 e. The van der Waals surface area contributed by atoms with Crippen molar-refractivity contribution in [3.8, 4) is 0 Å². The van der Waals surface area contributed by atoms with Crippen LogP contribution >= 0.6 is 0 Å². The fourth-order valence-electron chi connectivity index (χ4n) is 2.35. The van der Waals surface area contributed by atoms with Crippen LogP contribution in [0.3, 0.4) is 0 Å². The Bertz CT molecular complexity index is 815. The number of para-hydroxylation sites is 1. The van der Waals surface area contributed by atoms with Gasteiger partial charge in [0, 0.05) is 10.9 Å². The number of alkyl halides is 1. The average Bonchev–Trinajstić information content (AvgIpc) is 3.04. The van der Waals surface area contributed by atoms with Crippen molar-refractivity contribution >= 4 is 34.5 Å². The summed E-state index contributed by atoms with van der Waals surface area (Å²) < 4.78 is 12.5. The third-order valence-electron chi connectivity index (χ3n) is 3.73.